The first-order valence-electron chi connectivity index (χ1n) is 8.77. The molecule has 0 bridgehead atoms. The summed E-state index contributed by atoms with van der Waals surface area (Å²) >= 11 is 0. The van der Waals surface area contributed by atoms with Crippen molar-refractivity contribution in [2.24, 2.45) is 0 Å². The Kier molecular flexibility index (Phi) is 5.31. The molecule has 0 aromatic heterocycles. The van der Waals surface area contributed by atoms with Gasteiger partial charge in [-0.3, -0.25) is 4.79 Å². The minimum atomic E-state index is -0.356. The molecule has 0 radical (unpaired) electrons. The van der Waals surface area contributed by atoms with E-state index in [0.717, 1.165) is 30.4 Å². The molecule has 1 fully saturated rings. The number of hydrogen-bond donors (Lipinski definition) is 1. The summed E-state index contributed by atoms with van der Waals surface area (Å²) in [6.07, 6.45) is 3.26. The average molecular weight is 324 g/mol. The fourth-order valence-corrected chi connectivity index (χ4v) is 3.70. The van der Waals surface area contributed by atoms with Gasteiger partial charge in [0.25, 0.3) is 0 Å². The Hall–Kier alpha value is -2.13. The van der Waals surface area contributed by atoms with Crippen LogP contribution >= 0.6 is 0 Å². The fraction of sp³-hybridized carbons (Fsp3) is 0.381. The molecular weight excluding hydrogens is 298 g/mol. The second-order valence-corrected chi connectivity index (χ2v) is 6.84. The maximum Gasteiger partial charge on any atom is 0.318 e. The van der Waals surface area contributed by atoms with E-state index in [2.05, 4.69) is 14.1 Å². The third kappa shape index (κ3) is 3.68. The molecule has 2 aromatic carbocycles. The summed E-state index contributed by atoms with van der Waals surface area (Å²) in [5, 5.41) is 0. The molecule has 2 atom stereocenters. The highest BCUT2D eigenvalue weighted by Crippen LogP contribution is 2.29. The molecule has 24 heavy (non-hydrogen) atoms. The van der Waals surface area contributed by atoms with Crippen LogP contribution in [0.25, 0.3) is 0 Å². The number of quaternary nitrogens is 1. The molecule has 0 heterocycles. The van der Waals surface area contributed by atoms with Gasteiger partial charge in [-0.1, -0.05) is 60.7 Å². The summed E-state index contributed by atoms with van der Waals surface area (Å²) in [7, 11) is 4.28. The van der Waals surface area contributed by atoms with Gasteiger partial charge in [0.15, 0.2) is 6.10 Å². The van der Waals surface area contributed by atoms with Gasteiger partial charge in [-0.15, -0.1) is 0 Å². The Labute approximate surface area is 144 Å². The number of hydrogen-bond acceptors (Lipinski definition) is 2. The van der Waals surface area contributed by atoms with Gasteiger partial charge in [0.2, 0.25) is 0 Å². The topological polar surface area (TPSA) is 30.7 Å². The number of benzene rings is 2. The van der Waals surface area contributed by atoms with E-state index in [0.29, 0.717) is 6.04 Å². The van der Waals surface area contributed by atoms with E-state index in [1.165, 1.54) is 4.90 Å². The third-order valence-corrected chi connectivity index (χ3v) is 4.96. The van der Waals surface area contributed by atoms with Crippen LogP contribution in [0.2, 0.25) is 0 Å². The standard InChI is InChI=1S/C21H25NO2/c1-22(2)18-14-9-15-19(18)24-21(23)20(16-10-5-3-6-11-16)17-12-7-4-8-13-17/h3-8,10-13,18-20H,9,14-15H2,1-2H3/p+1. The Bertz CT molecular complexity index is 615. The molecule has 1 saturated carbocycles. The second-order valence-electron chi connectivity index (χ2n) is 6.84. The minimum Gasteiger partial charge on any atom is -0.455 e. The van der Waals surface area contributed by atoms with E-state index in [9.17, 15) is 4.79 Å². The number of carbonyl (C=O) groups excluding carboxylic acids is 1. The van der Waals surface area contributed by atoms with E-state index >= 15 is 0 Å². The van der Waals surface area contributed by atoms with E-state index in [1.807, 2.05) is 60.7 Å². The Morgan fingerprint density at radius 3 is 2.00 bits per heavy atom. The first-order chi connectivity index (χ1) is 11.7. The molecule has 1 N–H and O–H groups in total. The molecule has 3 heteroatoms. The van der Waals surface area contributed by atoms with Crippen molar-refractivity contribution in [3.63, 3.8) is 0 Å². The molecule has 0 spiro atoms. The number of esters is 1. The van der Waals surface area contributed by atoms with E-state index in [1.54, 1.807) is 0 Å². The van der Waals surface area contributed by atoms with Crippen molar-refractivity contribution < 1.29 is 14.4 Å². The van der Waals surface area contributed by atoms with Crippen LogP contribution < -0.4 is 4.90 Å². The summed E-state index contributed by atoms with van der Waals surface area (Å²) in [6, 6.07) is 20.2. The van der Waals surface area contributed by atoms with Crippen LogP contribution in [-0.2, 0) is 9.53 Å². The van der Waals surface area contributed by atoms with Gasteiger partial charge in [0, 0.05) is 6.42 Å². The van der Waals surface area contributed by atoms with Crippen molar-refractivity contribution in [1.29, 1.82) is 0 Å². The van der Waals surface area contributed by atoms with E-state index in [-0.39, 0.29) is 18.0 Å². The molecule has 126 valence electrons. The minimum absolute atomic E-state index is 0.0254. The van der Waals surface area contributed by atoms with Crippen LogP contribution in [-0.4, -0.2) is 32.2 Å². The summed E-state index contributed by atoms with van der Waals surface area (Å²) in [5.74, 6) is -0.489. The third-order valence-electron chi connectivity index (χ3n) is 4.96. The molecule has 0 amide bonds. The van der Waals surface area contributed by atoms with Crippen LogP contribution in [0, 0.1) is 0 Å². The Balaban J connectivity index is 1.85. The highest BCUT2D eigenvalue weighted by atomic mass is 16.5. The zero-order chi connectivity index (χ0) is 16.9. The SMILES string of the molecule is C[NH+](C)C1CCCC1OC(=O)C(c1ccccc1)c1ccccc1. The van der Waals surface area contributed by atoms with Crippen LogP contribution in [0.1, 0.15) is 36.3 Å². The molecule has 2 unspecified atom stereocenters. The summed E-state index contributed by atoms with van der Waals surface area (Å²) in [5.41, 5.74) is 1.97. The molecule has 1 aliphatic rings. The van der Waals surface area contributed by atoms with Crippen molar-refractivity contribution >= 4 is 5.97 Å². The summed E-state index contributed by atoms with van der Waals surface area (Å²) in [4.78, 5) is 14.4. The Morgan fingerprint density at radius 1 is 0.958 bits per heavy atom. The molecule has 3 nitrogen and oxygen atoms in total. The number of rotatable bonds is 5. The highest BCUT2D eigenvalue weighted by Gasteiger charge is 2.37. The Morgan fingerprint density at radius 2 is 1.50 bits per heavy atom. The van der Waals surface area contributed by atoms with Crippen molar-refractivity contribution in [1.82, 2.24) is 0 Å². The normalized spacial score (nSPS) is 20.5. The van der Waals surface area contributed by atoms with Crippen LogP contribution in [0.3, 0.4) is 0 Å². The van der Waals surface area contributed by atoms with Crippen LogP contribution in [0.4, 0.5) is 0 Å². The largest absolute Gasteiger partial charge is 0.455 e. The average Bonchev–Trinajstić information content (AvgIpc) is 3.05. The van der Waals surface area contributed by atoms with Crippen molar-refractivity contribution in [2.75, 3.05) is 14.1 Å². The molecule has 2 aromatic rings. The smallest absolute Gasteiger partial charge is 0.318 e. The first kappa shape index (κ1) is 16.7. The number of likely N-dealkylation sites (N-methyl/N-ethyl adjacent to an activating group) is 1. The number of nitrogens with one attached hydrogen (secondary N) is 1. The van der Waals surface area contributed by atoms with Crippen LogP contribution in [0.15, 0.2) is 60.7 Å². The zero-order valence-electron chi connectivity index (χ0n) is 14.4. The van der Waals surface area contributed by atoms with Crippen molar-refractivity contribution in [3.05, 3.63) is 71.8 Å². The van der Waals surface area contributed by atoms with E-state index in [4.69, 9.17) is 4.74 Å². The van der Waals surface area contributed by atoms with Gasteiger partial charge < -0.3 is 9.64 Å². The van der Waals surface area contributed by atoms with Gasteiger partial charge in [0.05, 0.1) is 14.1 Å². The van der Waals surface area contributed by atoms with Gasteiger partial charge in [0.1, 0.15) is 12.0 Å². The number of carbonyl (C=O) groups is 1. The predicted octanol–water partition coefficient (Wildman–Crippen LogP) is 2.43. The van der Waals surface area contributed by atoms with Gasteiger partial charge in [-0.05, 0) is 24.0 Å². The number of ether oxygens (including phenoxy) is 1. The summed E-state index contributed by atoms with van der Waals surface area (Å²) < 4.78 is 6.00. The lowest BCUT2D eigenvalue weighted by molar-refractivity contribution is -0.888. The van der Waals surface area contributed by atoms with Gasteiger partial charge in [-0.25, -0.2) is 0 Å². The molecule has 3 rings (SSSR count). The molecule has 0 aliphatic heterocycles. The maximum absolute atomic E-state index is 13.0. The lowest BCUT2D eigenvalue weighted by Crippen LogP contribution is -3.11. The first-order valence-corrected chi connectivity index (χ1v) is 8.77. The molecular formula is C21H26NO2+. The fourth-order valence-electron chi connectivity index (χ4n) is 3.70. The second kappa shape index (κ2) is 7.63. The van der Waals surface area contributed by atoms with Gasteiger partial charge >= 0.3 is 5.97 Å². The van der Waals surface area contributed by atoms with E-state index < -0.39 is 0 Å². The van der Waals surface area contributed by atoms with Gasteiger partial charge in [-0.2, -0.15) is 0 Å². The van der Waals surface area contributed by atoms with Crippen molar-refractivity contribution in [3.8, 4) is 0 Å². The predicted molar refractivity (Wildman–Crippen MR) is 95.1 cm³/mol. The highest BCUT2D eigenvalue weighted by molar-refractivity contribution is 5.82. The van der Waals surface area contributed by atoms with Crippen molar-refractivity contribution in [2.45, 2.75) is 37.3 Å². The monoisotopic (exact) mass is 324 g/mol. The zero-order valence-corrected chi connectivity index (χ0v) is 14.4. The molecule has 1 aliphatic carbocycles. The lowest BCUT2D eigenvalue weighted by Gasteiger charge is -2.25. The summed E-state index contributed by atoms with van der Waals surface area (Å²) in [6.45, 7) is 0. The maximum atomic E-state index is 13.0. The quantitative estimate of drug-likeness (QED) is 0.857. The lowest BCUT2D eigenvalue weighted by atomic mass is 9.91. The molecule has 0 saturated heterocycles. The van der Waals surface area contributed by atoms with Crippen LogP contribution in [0.5, 0.6) is 0 Å².